The number of hydrogen-bond donors (Lipinski definition) is 0. The van der Waals surface area contributed by atoms with E-state index in [1.54, 1.807) is 17.0 Å². The molecule has 2 rings (SSSR count). The Hall–Kier alpha value is -1.12. The van der Waals surface area contributed by atoms with E-state index in [-0.39, 0.29) is 13.0 Å². The Bertz CT molecular complexity index is 284. The number of benzene rings is 1. The second kappa shape index (κ2) is 2.98. The summed E-state index contributed by atoms with van der Waals surface area (Å²) in [5.41, 5.74) is 0.764. The summed E-state index contributed by atoms with van der Waals surface area (Å²) in [6, 6.07) is 10.2. The highest BCUT2D eigenvalue weighted by Gasteiger charge is 2.38. The summed E-state index contributed by atoms with van der Waals surface area (Å²) in [6.07, 6.45) is -0.0459. The minimum absolute atomic E-state index is 0.0459. The number of hydrogen-bond acceptors (Lipinski definition) is 1. The van der Waals surface area contributed by atoms with Crippen LogP contribution in [0.3, 0.4) is 0 Å². The Balaban J connectivity index is 2.13. The zero-order chi connectivity index (χ0) is 9.31. The second-order valence-corrected chi connectivity index (χ2v) is 3.28. The molecule has 3 heteroatoms. The Kier molecular flexibility index (Phi) is 1.94. The van der Waals surface area contributed by atoms with Gasteiger partial charge in [0.1, 0.15) is 0 Å². The number of para-hydroxylation sites is 1. The van der Waals surface area contributed by atoms with Gasteiger partial charge < -0.3 is 4.90 Å². The fraction of sp³-hybridized carbons (Fsp3) is 0.400. The van der Waals surface area contributed by atoms with Crippen LogP contribution in [-0.2, 0) is 0 Å². The number of halogens is 2. The van der Waals surface area contributed by atoms with Crippen molar-refractivity contribution in [1.82, 2.24) is 0 Å². The smallest absolute Gasteiger partial charge is 0.266 e. The molecule has 1 aliphatic heterocycles. The molecule has 1 aromatic rings. The third-order valence-corrected chi connectivity index (χ3v) is 2.20. The molecule has 0 spiro atoms. The van der Waals surface area contributed by atoms with E-state index >= 15 is 0 Å². The van der Waals surface area contributed by atoms with E-state index in [2.05, 4.69) is 6.07 Å². The van der Waals surface area contributed by atoms with Crippen LogP contribution in [0.5, 0.6) is 0 Å². The molecule has 1 heterocycles. The monoisotopic (exact) mass is 182 g/mol. The summed E-state index contributed by atoms with van der Waals surface area (Å²) in [4.78, 5) is 1.67. The topological polar surface area (TPSA) is 3.24 Å². The van der Waals surface area contributed by atoms with Gasteiger partial charge in [0.2, 0.25) is 0 Å². The van der Waals surface area contributed by atoms with Gasteiger partial charge in [-0.1, -0.05) is 18.2 Å². The molecule has 1 radical (unpaired) electrons. The molecule has 1 nitrogen and oxygen atoms in total. The quantitative estimate of drug-likeness (QED) is 0.644. The van der Waals surface area contributed by atoms with E-state index in [0.717, 1.165) is 5.69 Å². The maximum absolute atomic E-state index is 12.8. The molecule has 0 unspecified atom stereocenters. The highest BCUT2D eigenvalue weighted by molar-refractivity contribution is 5.46. The Morgan fingerprint density at radius 1 is 1.38 bits per heavy atom. The second-order valence-electron chi connectivity index (χ2n) is 3.28. The van der Waals surface area contributed by atoms with Crippen molar-refractivity contribution in [3.63, 3.8) is 0 Å². The third kappa shape index (κ3) is 1.79. The van der Waals surface area contributed by atoms with Crippen LogP contribution in [0.4, 0.5) is 14.5 Å². The molecular formula is C10H10F2N. The standard InChI is InChI=1S/C10H10F2N/c11-10(12)6-7-13(8-10)9-4-2-1-3-5-9/h1-4H,6-8H2. The fourth-order valence-corrected chi connectivity index (χ4v) is 1.52. The SMILES string of the molecule is FC1(F)CCN(c2[c]cccc2)C1. The van der Waals surface area contributed by atoms with Gasteiger partial charge in [0, 0.05) is 24.7 Å². The number of nitrogens with zero attached hydrogens (tertiary/aromatic N) is 1. The summed E-state index contributed by atoms with van der Waals surface area (Å²) in [5.74, 6) is -2.52. The van der Waals surface area contributed by atoms with Crippen molar-refractivity contribution in [2.24, 2.45) is 0 Å². The van der Waals surface area contributed by atoms with Gasteiger partial charge in [-0.2, -0.15) is 0 Å². The zero-order valence-electron chi connectivity index (χ0n) is 7.13. The van der Waals surface area contributed by atoms with Gasteiger partial charge in [0.25, 0.3) is 5.92 Å². The molecular weight excluding hydrogens is 172 g/mol. The molecule has 0 atom stereocenters. The Labute approximate surface area is 76.0 Å². The van der Waals surface area contributed by atoms with E-state index in [9.17, 15) is 8.78 Å². The predicted octanol–water partition coefficient (Wildman–Crippen LogP) is 2.33. The van der Waals surface area contributed by atoms with Crippen LogP contribution in [-0.4, -0.2) is 19.0 Å². The maximum atomic E-state index is 12.8. The third-order valence-electron chi connectivity index (χ3n) is 2.20. The van der Waals surface area contributed by atoms with Gasteiger partial charge in [-0.05, 0) is 6.07 Å². The molecule has 0 saturated carbocycles. The van der Waals surface area contributed by atoms with Crippen molar-refractivity contribution in [3.05, 3.63) is 30.3 Å². The van der Waals surface area contributed by atoms with Crippen LogP contribution in [0.2, 0.25) is 0 Å². The molecule has 1 fully saturated rings. The Morgan fingerprint density at radius 3 is 2.77 bits per heavy atom. The van der Waals surface area contributed by atoms with Crippen LogP contribution in [0.1, 0.15) is 6.42 Å². The van der Waals surface area contributed by atoms with Crippen LogP contribution >= 0.6 is 0 Å². The first kappa shape index (κ1) is 8.48. The average Bonchev–Trinajstić information content (AvgIpc) is 2.48. The molecule has 0 aliphatic carbocycles. The van der Waals surface area contributed by atoms with E-state index in [0.29, 0.717) is 6.54 Å². The van der Waals surface area contributed by atoms with Gasteiger partial charge in [0.05, 0.1) is 6.54 Å². The average molecular weight is 182 g/mol. The van der Waals surface area contributed by atoms with E-state index < -0.39 is 5.92 Å². The van der Waals surface area contributed by atoms with Gasteiger partial charge in [-0.25, -0.2) is 8.78 Å². The van der Waals surface area contributed by atoms with E-state index in [1.807, 2.05) is 12.1 Å². The van der Waals surface area contributed by atoms with Crippen molar-refractivity contribution in [3.8, 4) is 0 Å². The molecule has 1 saturated heterocycles. The summed E-state index contributed by atoms with van der Waals surface area (Å²) in [5, 5.41) is 0. The summed E-state index contributed by atoms with van der Waals surface area (Å²) >= 11 is 0. The molecule has 0 bridgehead atoms. The van der Waals surface area contributed by atoms with Crippen LogP contribution in [0.15, 0.2) is 24.3 Å². The fourth-order valence-electron chi connectivity index (χ4n) is 1.52. The van der Waals surface area contributed by atoms with Crippen LogP contribution < -0.4 is 4.90 Å². The minimum Gasteiger partial charge on any atom is -0.365 e. The molecule has 1 aliphatic rings. The number of alkyl halides is 2. The molecule has 69 valence electrons. The van der Waals surface area contributed by atoms with Gasteiger partial charge in [-0.3, -0.25) is 0 Å². The zero-order valence-corrected chi connectivity index (χ0v) is 7.13. The highest BCUT2D eigenvalue weighted by atomic mass is 19.3. The van der Waals surface area contributed by atoms with E-state index in [1.165, 1.54) is 0 Å². The van der Waals surface area contributed by atoms with Crippen LogP contribution in [0, 0.1) is 6.07 Å². The minimum atomic E-state index is -2.52. The van der Waals surface area contributed by atoms with Gasteiger partial charge in [-0.15, -0.1) is 0 Å². The molecule has 0 aromatic heterocycles. The molecule has 1 aromatic carbocycles. The molecule has 13 heavy (non-hydrogen) atoms. The normalized spacial score (nSPS) is 20.6. The molecule has 0 amide bonds. The largest absolute Gasteiger partial charge is 0.365 e. The summed E-state index contributed by atoms with van der Waals surface area (Å²) in [6.45, 7) is 0.251. The van der Waals surface area contributed by atoms with Crippen molar-refractivity contribution >= 4 is 5.69 Å². The van der Waals surface area contributed by atoms with Gasteiger partial charge in [0.15, 0.2) is 0 Å². The molecule has 0 N–H and O–H groups in total. The first-order valence-electron chi connectivity index (χ1n) is 4.27. The van der Waals surface area contributed by atoms with Gasteiger partial charge >= 0.3 is 0 Å². The van der Waals surface area contributed by atoms with Crippen LogP contribution in [0.25, 0.3) is 0 Å². The Morgan fingerprint density at radius 2 is 2.23 bits per heavy atom. The number of anilines is 1. The van der Waals surface area contributed by atoms with Crippen molar-refractivity contribution in [2.45, 2.75) is 12.3 Å². The maximum Gasteiger partial charge on any atom is 0.266 e. The first-order chi connectivity index (χ1) is 6.17. The first-order valence-corrected chi connectivity index (χ1v) is 4.27. The lowest BCUT2D eigenvalue weighted by atomic mass is 10.3. The highest BCUT2D eigenvalue weighted by Crippen LogP contribution is 2.30. The lowest BCUT2D eigenvalue weighted by molar-refractivity contribution is 0.0257. The van der Waals surface area contributed by atoms with Crippen molar-refractivity contribution < 1.29 is 8.78 Å². The number of rotatable bonds is 1. The van der Waals surface area contributed by atoms with Crippen molar-refractivity contribution in [1.29, 1.82) is 0 Å². The predicted molar refractivity (Wildman–Crippen MR) is 47.1 cm³/mol. The summed E-state index contributed by atoms with van der Waals surface area (Å²) in [7, 11) is 0. The summed E-state index contributed by atoms with van der Waals surface area (Å²) < 4.78 is 25.6. The van der Waals surface area contributed by atoms with E-state index in [4.69, 9.17) is 0 Å². The lowest BCUT2D eigenvalue weighted by Crippen LogP contribution is -2.24. The lowest BCUT2D eigenvalue weighted by Gasteiger charge is -2.17. The van der Waals surface area contributed by atoms with Crippen molar-refractivity contribution in [2.75, 3.05) is 18.0 Å².